The van der Waals surface area contributed by atoms with Crippen molar-refractivity contribution in [1.29, 1.82) is 5.26 Å². The summed E-state index contributed by atoms with van der Waals surface area (Å²) in [6, 6.07) is 14.0. The molecule has 1 N–H and O–H groups in total. The largest absolute Gasteiger partial charge is 0.492 e. The predicted octanol–water partition coefficient (Wildman–Crippen LogP) is 3.00. The Bertz CT molecular complexity index is 1050. The molecule has 0 saturated heterocycles. The lowest BCUT2D eigenvalue weighted by Crippen LogP contribution is -2.29. The number of hydrogen-bond acceptors (Lipinski definition) is 5. The third-order valence-electron chi connectivity index (χ3n) is 4.06. The zero-order valence-electron chi connectivity index (χ0n) is 15.0. The third-order valence-corrected chi connectivity index (χ3v) is 4.06. The number of nitrogens with one attached hydrogen (secondary N) is 1. The maximum Gasteiger partial charge on any atom is 0.249 e. The maximum atomic E-state index is 12.9. The van der Waals surface area contributed by atoms with Crippen molar-refractivity contribution >= 4 is 22.9 Å². The van der Waals surface area contributed by atoms with Crippen LogP contribution in [0.2, 0.25) is 0 Å². The summed E-state index contributed by atoms with van der Waals surface area (Å²) in [5.74, 6) is -1.79. The summed E-state index contributed by atoms with van der Waals surface area (Å²) < 4.78 is 7.20. The molecule has 0 aliphatic rings. The van der Waals surface area contributed by atoms with Crippen LogP contribution in [0.1, 0.15) is 23.2 Å². The van der Waals surface area contributed by atoms with E-state index >= 15 is 0 Å². The molecule has 0 fully saturated rings. The normalized spacial score (nSPS) is 11.6. The molecule has 1 unspecified atom stereocenters. The topological polar surface area (TPSA) is 96.5 Å². The molecule has 0 bridgehead atoms. The number of ether oxygens (including phenoxy) is 1. The predicted molar refractivity (Wildman–Crippen MR) is 99.6 cm³/mol. The number of para-hydroxylation sites is 2. The minimum absolute atomic E-state index is 0.105. The smallest absolute Gasteiger partial charge is 0.249 e. The van der Waals surface area contributed by atoms with E-state index in [9.17, 15) is 14.9 Å². The number of anilines is 1. The fraction of sp³-hybridized carbons (Fsp3) is 0.200. The van der Waals surface area contributed by atoms with Crippen molar-refractivity contribution < 1.29 is 14.3 Å². The Labute approximate surface area is 156 Å². The van der Waals surface area contributed by atoms with Gasteiger partial charge in [0.1, 0.15) is 17.3 Å². The van der Waals surface area contributed by atoms with Gasteiger partial charge in [0.15, 0.2) is 5.92 Å². The lowest BCUT2D eigenvalue weighted by Gasteiger charge is -2.13. The molecule has 1 atom stereocenters. The molecular formula is C20H18N4O3. The monoisotopic (exact) mass is 362 g/mol. The quantitative estimate of drug-likeness (QED) is 0.537. The summed E-state index contributed by atoms with van der Waals surface area (Å²) in [5, 5.41) is 12.1. The van der Waals surface area contributed by atoms with E-state index in [2.05, 4.69) is 10.3 Å². The van der Waals surface area contributed by atoms with Crippen LogP contribution in [0, 0.1) is 24.2 Å². The molecule has 2 heterocycles. The molecule has 7 heteroatoms. The Hall–Kier alpha value is -3.66. The van der Waals surface area contributed by atoms with Crippen LogP contribution in [-0.4, -0.2) is 27.7 Å². The highest BCUT2D eigenvalue weighted by Gasteiger charge is 2.31. The highest BCUT2D eigenvalue weighted by molar-refractivity contribution is 6.17. The van der Waals surface area contributed by atoms with Crippen molar-refractivity contribution in [2.24, 2.45) is 5.92 Å². The number of Topliss-reactive ketones (excluding diaryl/α,β-unsaturated/α-hetero) is 1. The molecule has 0 spiro atoms. The Morgan fingerprint density at radius 2 is 2.00 bits per heavy atom. The van der Waals surface area contributed by atoms with Crippen molar-refractivity contribution in [3.8, 4) is 11.8 Å². The van der Waals surface area contributed by atoms with Crippen LogP contribution < -0.4 is 10.1 Å². The zero-order chi connectivity index (χ0) is 19.4. The molecule has 27 heavy (non-hydrogen) atoms. The van der Waals surface area contributed by atoms with E-state index in [1.165, 1.54) is 0 Å². The lowest BCUT2D eigenvalue weighted by molar-refractivity contribution is -0.117. The van der Waals surface area contributed by atoms with E-state index in [4.69, 9.17) is 4.74 Å². The zero-order valence-corrected chi connectivity index (χ0v) is 15.0. The number of carbonyl (C=O) groups excluding carboxylic acids is 2. The Morgan fingerprint density at radius 3 is 2.74 bits per heavy atom. The summed E-state index contributed by atoms with van der Waals surface area (Å²) in [6.07, 6.45) is 1.77. The summed E-state index contributed by atoms with van der Waals surface area (Å²) in [5.41, 5.74) is 1.07. The molecule has 0 radical (unpaired) electrons. The van der Waals surface area contributed by atoms with E-state index in [0.29, 0.717) is 29.4 Å². The minimum Gasteiger partial charge on any atom is -0.492 e. The molecule has 0 aliphatic carbocycles. The van der Waals surface area contributed by atoms with Crippen LogP contribution in [0.3, 0.4) is 0 Å². The van der Waals surface area contributed by atoms with E-state index < -0.39 is 17.6 Å². The van der Waals surface area contributed by atoms with Gasteiger partial charge in [-0.1, -0.05) is 18.2 Å². The average molecular weight is 362 g/mol. The number of nitrogens with zero attached hydrogens (tertiary/aromatic N) is 3. The number of rotatable bonds is 6. The van der Waals surface area contributed by atoms with Crippen LogP contribution in [0.5, 0.6) is 5.75 Å². The molecule has 2 aromatic heterocycles. The molecular weight excluding hydrogens is 344 g/mol. The van der Waals surface area contributed by atoms with E-state index in [-0.39, 0.29) is 5.69 Å². The van der Waals surface area contributed by atoms with Gasteiger partial charge < -0.3 is 14.5 Å². The standard InChI is InChI=1S/C20H18N4O3/c1-3-27-17-10-5-4-8-15(17)23-20(26)14(12-21)19(25)18-16-9-6-7-11-24(16)13(2)22-18/h4-11,14H,3H2,1-2H3,(H,23,26). The van der Waals surface area contributed by atoms with Crippen molar-refractivity contribution in [3.63, 3.8) is 0 Å². The third kappa shape index (κ3) is 3.51. The molecule has 0 aliphatic heterocycles. The van der Waals surface area contributed by atoms with Gasteiger partial charge in [0, 0.05) is 6.20 Å². The van der Waals surface area contributed by atoms with E-state index in [0.717, 1.165) is 0 Å². The number of amides is 1. The highest BCUT2D eigenvalue weighted by atomic mass is 16.5. The summed E-state index contributed by atoms with van der Waals surface area (Å²) in [4.78, 5) is 29.7. The SMILES string of the molecule is CCOc1ccccc1NC(=O)C(C#N)C(=O)c1nc(C)n2ccccc12. The number of benzene rings is 1. The second-order valence-corrected chi connectivity index (χ2v) is 5.81. The van der Waals surface area contributed by atoms with Crippen LogP contribution in [0.15, 0.2) is 48.7 Å². The first-order valence-corrected chi connectivity index (χ1v) is 8.47. The second-order valence-electron chi connectivity index (χ2n) is 5.81. The van der Waals surface area contributed by atoms with Gasteiger partial charge >= 0.3 is 0 Å². The van der Waals surface area contributed by atoms with Gasteiger partial charge in [0.2, 0.25) is 11.7 Å². The number of aromatic nitrogens is 2. The summed E-state index contributed by atoms with van der Waals surface area (Å²) >= 11 is 0. The summed E-state index contributed by atoms with van der Waals surface area (Å²) in [7, 11) is 0. The maximum absolute atomic E-state index is 12.9. The molecule has 3 aromatic rings. The van der Waals surface area contributed by atoms with Gasteiger partial charge in [-0.25, -0.2) is 4.98 Å². The second kappa shape index (κ2) is 7.70. The average Bonchev–Trinajstić information content (AvgIpc) is 3.01. The fourth-order valence-electron chi connectivity index (χ4n) is 2.80. The van der Waals surface area contributed by atoms with Crippen LogP contribution in [-0.2, 0) is 4.79 Å². The Morgan fingerprint density at radius 1 is 1.26 bits per heavy atom. The van der Waals surface area contributed by atoms with Crippen LogP contribution in [0.25, 0.3) is 5.52 Å². The Kier molecular flexibility index (Phi) is 5.18. The lowest BCUT2D eigenvalue weighted by atomic mass is 10.0. The summed E-state index contributed by atoms with van der Waals surface area (Å²) in [6.45, 7) is 4.00. The van der Waals surface area contributed by atoms with E-state index in [1.54, 1.807) is 60.0 Å². The first-order chi connectivity index (χ1) is 13.1. The van der Waals surface area contributed by atoms with Gasteiger partial charge in [-0.05, 0) is 38.1 Å². The van der Waals surface area contributed by atoms with Gasteiger partial charge in [0.25, 0.3) is 0 Å². The number of hydrogen-bond donors (Lipinski definition) is 1. The number of aryl methyl sites for hydroxylation is 1. The number of ketones is 1. The van der Waals surface area contributed by atoms with Crippen molar-refractivity contribution in [3.05, 3.63) is 60.2 Å². The number of nitriles is 1. The molecule has 7 nitrogen and oxygen atoms in total. The van der Waals surface area contributed by atoms with Crippen LogP contribution in [0.4, 0.5) is 5.69 Å². The van der Waals surface area contributed by atoms with Gasteiger partial charge in [0.05, 0.1) is 23.9 Å². The van der Waals surface area contributed by atoms with Gasteiger partial charge in [-0.2, -0.15) is 5.26 Å². The minimum atomic E-state index is -1.52. The number of pyridine rings is 1. The fourth-order valence-corrected chi connectivity index (χ4v) is 2.80. The molecule has 0 saturated carbocycles. The van der Waals surface area contributed by atoms with Crippen LogP contribution >= 0.6 is 0 Å². The van der Waals surface area contributed by atoms with Crippen molar-refractivity contribution in [2.45, 2.75) is 13.8 Å². The number of fused-ring (bicyclic) bond motifs is 1. The van der Waals surface area contributed by atoms with Gasteiger partial charge in [-0.15, -0.1) is 0 Å². The molecule has 136 valence electrons. The van der Waals surface area contributed by atoms with Crippen molar-refractivity contribution in [2.75, 3.05) is 11.9 Å². The molecule has 1 amide bonds. The number of imidazole rings is 1. The Balaban J connectivity index is 1.89. The van der Waals surface area contributed by atoms with Crippen molar-refractivity contribution in [1.82, 2.24) is 9.38 Å². The first-order valence-electron chi connectivity index (χ1n) is 8.47. The molecule has 1 aromatic carbocycles. The van der Waals surface area contributed by atoms with E-state index in [1.807, 2.05) is 13.0 Å². The number of carbonyl (C=O) groups is 2. The van der Waals surface area contributed by atoms with Gasteiger partial charge in [-0.3, -0.25) is 9.59 Å². The first kappa shape index (κ1) is 18.1. The molecule has 3 rings (SSSR count). The highest BCUT2D eigenvalue weighted by Crippen LogP contribution is 2.25.